The molecule has 0 saturated carbocycles. The summed E-state index contributed by atoms with van der Waals surface area (Å²) in [5.41, 5.74) is 1.79. The van der Waals surface area contributed by atoms with Gasteiger partial charge in [-0.3, -0.25) is 9.89 Å². The van der Waals surface area contributed by atoms with Crippen molar-refractivity contribution in [2.75, 3.05) is 6.54 Å². The van der Waals surface area contributed by atoms with Gasteiger partial charge < -0.3 is 14.8 Å². The number of hydrogen-bond acceptors (Lipinski definition) is 4. The summed E-state index contributed by atoms with van der Waals surface area (Å²) >= 11 is 0. The van der Waals surface area contributed by atoms with Crippen LogP contribution in [0.4, 0.5) is 0 Å². The zero-order valence-corrected chi connectivity index (χ0v) is 13.2. The molecule has 0 radical (unpaired) electrons. The minimum Gasteiger partial charge on any atom is -0.481 e. The van der Waals surface area contributed by atoms with E-state index in [-0.39, 0.29) is 5.92 Å². The molecule has 0 spiro atoms. The van der Waals surface area contributed by atoms with Crippen molar-refractivity contribution < 1.29 is 14.3 Å². The highest BCUT2D eigenvalue weighted by molar-refractivity contribution is 5.70. The summed E-state index contributed by atoms with van der Waals surface area (Å²) in [5, 5.41) is 19.4. The second-order valence-corrected chi connectivity index (χ2v) is 5.98. The number of hydrogen-bond donors (Lipinski definition) is 3. The van der Waals surface area contributed by atoms with E-state index in [1.807, 2.05) is 32.9 Å². The number of nitrogens with one attached hydrogen (secondary N) is 2. The normalized spacial score (nSPS) is 12.7. The summed E-state index contributed by atoms with van der Waals surface area (Å²) in [5.74, 6) is 0.810. The third-order valence-electron chi connectivity index (χ3n) is 3.52. The molecule has 2 aromatic heterocycles. The van der Waals surface area contributed by atoms with Gasteiger partial charge in [-0.1, -0.05) is 13.8 Å². The minimum absolute atomic E-state index is 0.360. The Bertz CT molecular complexity index is 616. The van der Waals surface area contributed by atoms with Gasteiger partial charge in [0.2, 0.25) is 0 Å². The Morgan fingerprint density at radius 3 is 2.82 bits per heavy atom. The number of rotatable bonds is 8. The highest BCUT2D eigenvalue weighted by Crippen LogP contribution is 2.23. The molecule has 6 heteroatoms. The standard InChI is InChI=1S/C16H23N3O3/c1-10(2)6-12(16(20)21)7-17-8-13-9-18-19-15(13)14-5-4-11(3)22-14/h4-5,9-10,12,17H,6-8H2,1-3H3,(H,18,19)(H,20,21). The van der Waals surface area contributed by atoms with E-state index in [0.717, 1.165) is 22.8 Å². The third kappa shape index (κ3) is 4.21. The average molecular weight is 305 g/mol. The Labute approximate surface area is 129 Å². The molecule has 2 rings (SSSR count). The van der Waals surface area contributed by atoms with Gasteiger partial charge in [-0.25, -0.2) is 0 Å². The average Bonchev–Trinajstić information content (AvgIpc) is 3.05. The van der Waals surface area contributed by atoms with E-state index >= 15 is 0 Å². The van der Waals surface area contributed by atoms with Crippen molar-refractivity contribution in [3.63, 3.8) is 0 Å². The molecule has 3 N–H and O–H groups in total. The molecular formula is C16H23N3O3. The molecule has 1 unspecified atom stereocenters. The SMILES string of the molecule is Cc1ccc(-c2[nH]ncc2CNCC(CC(C)C)C(=O)O)o1. The fourth-order valence-corrected chi connectivity index (χ4v) is 2.45. The minimum atomic E-state index is -0.754. The first-order valence-corrected chi connectivity index (χ1v) is 7.50. The maximum atomic E-state index is 11.2. The molecule has 0 saturated heterocycles. The number of aliphatic carboxylic acids is 1. The quantitative estimate of drug-likeness (QED) is 0.697. The van der Waals surface area contributed by atoms with Gasteiger partial charge in [0.15, 0.2) is 5.76 Å². The van der Waals surface area contributed by atoms with Crippen molar-refractivity contribution >= 4 is 5.97 Å². The van der Waals surface area contributed by atoms with Crippen LogP contribution >= 0.6 is 0 Å². The molecule has 0 aliphatic carbocycles. The van der Waals surface area contributed by atoms with E-state index in [2.05, 4.69) is 15.5 Å². The Kier molecular flexibility index (Phi) is 5.38. The fourth-order valence-electron chi connectivity index (χ4n) is 2.45. The molecule has 0 aliphatic rings. The lowest BCUT2D eigenvalue weighted by Gasteiger charge is -2.15. The lowest BCUT2D eigenvalue weighted by atomic mass is 9.97. The first-order valence-electron chi connectivity index (χ1n) is 7.50. The van der Waals surface area contributed by atoms with E-state index < -0.39 is 5.97 Å². The van der Waals surface area contributed by atoms with Crippen LogP contribution in [0.5, 0.6) is 0 Å². The lowest BCUT2D eigenvalue weighted by molar-refractivity contribution is -0.142. The third-order valence-corrected chi connectivity index (χ3v) is 3.52. The highest BCUT2D eigenvalue weighted by atomic mass is 16.4. The Hall–Kier alpha value is -2.08. The van der Waals surface area contributed by atoms with Crippen LogP contribution < -0.4 is 5.32 Å². The van der Waals surface area contributed by atoms with Crippen LogP contribution in [-0.4, -0.2) is 27.8 Å². The van der Waals surface area contributed by atoms with E-state index in [9.17, 15) is 9.90 Å². The molecule has 0 aromatic carbocycles. The molecule has 0 aliphatic heterocycles. The largest absolute Gasteiger partial charge is 0.481 e. The number of nitrogens with zero attached hydrogens (tertiary/aromatic N) is 1. The summed E-state index contributed by atoms with van der Waals surface area (Å²) in [6.07, 6.45) is 2.40. The van der Waals surface area contributed by atoms with E-state index in [1.165, 1.54) is 0 Å². The molecule has 120 valence electrons. The first kappa shape index (κ1) is 16.3. The molecule has 6 nitrogen and oxygen atoms in total. The summed E-state index contributed by atoms with van der Waals surface area (Å²) < 4.78 is 5.59. The van der Waals surface area contributed by atoms with Gasteiger partial charge in [0.05, 0.1) is 12.1 Å². The predicted octanol–water partition coefficient (Wildman–Crippen LogP) is 2.81. The van der Waals surface area contributed by atoms with Crippen molar-refractivity contribution in [1.29, 1.82) is 0 Å². The molecular weight excluding hydrogens is 282 g/mol. The monoisotopic (exact) mass is 305 g/mol. The van der Waals surface area contributed by atoms with E-state index in [4.69, 9.17) is 4.42 Å². The summed E-state index contributed by atoms with van der Waals surface area (Å²) in [4.78, 5) is 11.2. The van der Waals surface area contributed by atoms with Gasteiger partial charge >= 0.3 is 5.97 Å². The Morgan fingerprint density at radius 2 is 2.23 bits per heavy atom. The number of aromatic amines is 1. The van der Waals surface area contributed by atoms with Crippen LogP contribution in [0.2, 0.25) is 0 Å². The van der Waals surface area contributed by atoms with Crippen LogP contribution in [-0.2, 0) is 11.3 Å². The van der Waals surface area contributed by atoms with E-state index in [0.29, 0.717) is 25.4 Å². The maximum absolute atomic E-state index is 11.2. The first-order chi connectivity index (χ1) is 10.5. The van der Waals surface area contributed by atoms with Crippen LogP contribution in [0.3, 0.4) is 0 Å². The van der Waals surface area contributed by atoms with Crippen molar-refractivity contribution in [3.05, 3.63) is 29.7 Å². The van der Waals surface area contributed by atoms with Gasteiger partial charge in [0.25, 0.3) is 0 Å². The number of carboxylic acids is 1. The van der Waals surface area contributed by atoms with Gasteiger partial charge in [-0.2, -0.15) is 5.10 Å². The molecule has 0 bridgehead atoms. The summed E-state index contributed by atoms with van der Waals surface area (Å²) in [7, 11) is 0. The second-order valence-electron chi connectivity index (χ2n) is 5.98. The molecule has 1 atom stereocenters. The molecule has 2 heterocycles. The molecule has 0 amide bonds. The van der Waals surface area contributed by atoms with Crippen molar-refractivity contribution in [3.8, 4) is 11.5 Å². The van der Waals surface area contributed by atoms with Gasteiger partial charge in [0, 0.05) is 18.7 Å². The molecule has 22 heavy (non-hydrogen) atoms. The van der Waals surface area contributed by atoms with Crippen molar-refractivity contribution in [1.82, 2.24) is 15.5 Å². The number of furan rings is 1. The number of aromatic nitrogens is 2. The Morgan fingerprint density at radius 1 is 1.45 bits per heavy atom. The molecule has 0 fully saturated rings. The van der Waals surface area contributed by atoms with Crippen LogP contribution in [0.1, 0.15) is 31.6 Å². The van der Waals surface area contributed by atoms with Gasteiger partial charge in [0.1, 0.15) is 11.5 Å². The number of carboxylic acid groups (broad SMARTS) is 1. The predicted molar refractivity (Wildman–Crippen MR) is 83.3 cm³/mol. The van der Waals surface area contributed by atoms with Gasteiger partial charge in [-0.15, -0.1) is 0 Å². The number of aryl methyl sites for hydroxylation is 1. The van der Waals surface area contributed by atoms with Gasteiger partial charge in [-0.05, 0) is 31.4 Å². The van der Waals surface area contributed by atoms with Crippen LogP contribution in [0.25, 0.3) is 11.5 Å². The highest BCUT2D eigenvalue weighted by Gasteiger charge is 2.19. The fraction of sp³-hybridized carbons (Fsp3) is 0.500. The zero-order valence-electron chi connectivity index (χ0n) is 13.2. The van der Waals surface area contributed by atoms with Crippen molar-refractivity contribution in [2.24, 2.45) is 11.8 Å². The van der Waals surface area contributed by atoms with Crippen molar-refractivity contribution in [2.45, 2.75) is 33.7 Å². The summed E-state index contributed by atoms with van der Waals surface area (Å²) in [6, 6.07) is 3.79. The van der Waals surface area contributed by atoms with Crippen LogP contribution in [0, 0.1) is 18.8 Å². The number of carbonyl (C=O) groups is 1. The number of H-pyrrole nitrogens is 1. The van der Waals surface area contributed by atoms with Crippen LogP contribution in [0.15, 0.2) is 22.7 Å². The lowest BCUT2D eigenvalue weighted by Crippen LogP contribution is -2.29. The zero-order chi connectivity index (χ0) is 16.1. The van der Waals surface area contributed by atoms with E-state index in [1.54, 1.807) is 6.20 Å². The smallest absolute Gasteiger partial charge is 0.307 e. The topological polar surface area (TPSA) is 91.2 Å². The maximum Gasteiger partial charge on any atom is 0.307 e. The second kappa shape index (κ2) is 7.26. The Balaban J connectivity index is 1.95. The summed E-state index contributed by atoms with van der Waals surface area (Å²) in [6.45, 7) is 6.94. The molecule has 2 aromatic rings.